The maximum Gasteiger partial charge on any atom is 0.146 e. The Kier molecular flexibility index (Phi) is 4.56. The Hall–Kier alpha value is -2.43. The van der Waals surface area contributed by atoms with Crippen molar-refractivity contribution in [1.29, 1.82) is 0 Å². The van der Waals surface area contributed by atoms with Gasteiger partial charge in [-0.1, -0.05) is 56.3 Å². The SMILES string of the molecule is CC1(C)C2CN(C[C@@H](O)c3ccc(OCc4ccccc4)c4ncccc34)CC21. The smallest absolute Gasteiger partial charge is 0.146 e. The van der Waals surface area contributed by atoms with Crippen molar-refractivity contribution in [3.05, 3.63) is 71.9 Å². The second kappa shape index (κ2) is 7.12. The first-order valence-corrected chi connectivity index (χ1v) is 10.5. The molecule has 3 aromatic rings. The highest BCUT2D eigenvalue weighted by Gasteiger charge is 2.61. The summed E-state index contributed by atoms with van der Waals surface area (Å²) >= 11 is 0. The lowest BCUT2D eigenvalue weighted by atomic mass is 10.0. The summed E-state index contributed by atoms with van der Waals surface area (Å²) in [6.07, 6.45) is 1.26. The molecule has 1 N–H and O–H groups in total. The van der Waals surface area contributed by atoms with E-state index in [0.29, 0.717) is 18.6 Å². The van der Waals surface area contributed by atoms with Gasteiger partial charge >= 0.3 is 0 Å². The largest absolute Gasteiger partial charge is 0.487 e. The highest BCUT2D eigenvalue weighted by atomic mass is 16.5. The minimum atomic E-state index is -0.523. The molecule has 0 spiro atoms. The monoisotopic (exact) mass is 388 g/mol. The summed E-state index contributed by atoms with van der Waals surface area (Å²) in [5, 5.41) is 12.0. The van der Waals surface area contributed by atoms with Crippen molar-refractivity contribution in [2.75, 3.05) is 19.6 Å². The molecule has 4 heteroatoms. The summed E-state index contributed by atoms with van der Waals surface area (Å²) in [4.78, 5) is 6.97. The highest BCUT2D eigenvalue weighted by molar-refractivity contribution is 5.87. The van der Waals surface area contributed by atoms with Crippen LogP contribution in [0.5, 0.6) is 5.75 Å². The fraction of sp³-hybridized carbons (Fsp3) is 0.400. The zero-order valence-corrected chi connectivity index (χ0v) is 17.1. The van der Waals surface area contributed by atoms with Gasteiger partial charge in [-0.25, -0.2) is 0 Å². The molecule has 2 aliphatic rings. The number of aliphatic hydroxyl groups is 1. The van der Waals surface area contributed by atoms with E-state index in [1.54, 1.807) is 6.20 Å². The van der Waals surface area contributed by atoms with E-state index in [4.69, 9.17) is 4.74 Å². The summed E-state index contributed by atoms with van der Waals surface area (Å²) in [5.74, 6) is 2.34. The normalized spacial score (nSPS) is 23.7. The average Bonchev–Trinajstić information content (AvgIpc) is 3.06. The van der Waals surface area contributed by atoms with E-state index in [9.17, 15) is 5.11 Å². The number of benzene rings is 2. The Morgan fingerprint density at radius 2 is 1.83 bits per heavy atom. The molecule has 0 radical (unpaired) electrons. The number of nitrogens with zero attached hydrogens (tertiary/aromatic N) is 2. The number of hydrogen-bond donors (Lipinski definition) is 1. The van der Waals surface area contributed by atoms with E-state index in [1.165, 1.54) is 0 Å². The van der Waals surface area contributed by atoms with E-state index in [0.717, 1.165) is 52.7 Å². The van der Waals surface area contributed by atoms with Crippen LogP contribution < -0.4 is 4.74 Å². The molecule has 1 saturated heterocycles. The number of rotatable bonds is 6. The quantitative estimate of drug-likeness (QED) is 0.678. The van der Waals surface area contributed by atoms with Gasteiger partial charge in [-0.2, -0.15) is 0 Å². The minimum Gasteiger partial charge on any atom is -0.487 e. The van der Waals surface area contributed by atoms with Gasteiger partial charge in [0, 0.05) is 31.2 Å². The third kappa shape index (κ3) is 3.41. The van der Waals surface area contributed by atoms with Crippen LogP contribution >= 0.6 is 0 Å². The molecule has 150 valence electrons. The molecule has 2 aromatic carbocycles. The van der Waals surface area contributed by atoms with Crippen molar-refractivity contribution in [1.82, 2.24) is 9.88 Å². The molecule has 1 aliphatic heterocycles. The molecule has 1 saturated carbocycles. The molecule has 5 rings (SSSR count). The summed E-state index contributed by atoms with van der Waals surface area (Å²) in [5.41, 5.74) is 3.36. The lowest BCUT2D eigenvalue weighted by Gasteiger charge is -2.25. The first-order chi connectivity index (χ1) is 14.0. The van der Waals surface area contributed by atoms with Crippen molar-refractivity contribution in [2.24, 2.45) is 17.3 Å². The number of hydrogen-bond acceptors (Lipinski definition) is 4. The van der Waals surface area contributed by atoms with E-state index in [2.05, 4.69) is 35.9 Å². The lowest BCUT2D eigenvalue weighted by molar-refractivity contribution is 0.114. The van der Waals surface area contributed by atoms with Gasteiger partial charge in [0.1, 0.15) is 17.9 Å². The van der Waals surface area contributed by atoms with E-state index < -0.39 is 6.10 Å². The molecule has 1 aliphatic carbocycles. The number of ether oxygens (including phenoxy) is 1. The van der Waals surface area contributed by atoms with Gasteiger partial charge in [-0.05, 0) is 40.5 Å². The van der Waals surface area contributed by atoms with Crippen LogP contribution in [0.1, 0.15) is 31.1 Å². The molecule has 2 unspecified atom stereocenters. The number of piperidine rings is 1. The highest BCUT2D eigenvalue weighted by Crippen LogP contribution is 2.62. The standard InChI is InChI=1S/C25H28N2O2/c1-25(2)20-13-27(14-21(20)25)15-22(28)18-10-11-23(24-19(18)9-6-12-26-24)29-16-17-7-4-3-5-8-17/h3-12,20-22,28H,13-16H2,1-2H3/t20?,21?,22-/m1/s1. The molecule has 2 fully saturated rings. The van der Waals surface area contributed by atoms with Gasteiger partial charge in [0.05, 0.1) is 6.10 Å². The van der Waals surface area contributed by atoms with E-state index >= 15 is 0 Å². The van der Waals surface area contributed by atoms with Crippen LogP contribution in [-0.4, -0.2) is 34.6 Å². The summed E-state index contributed by atoms with van der Waals surface area (Å²) in [7, 11) is 0. The van der Waals surface area contributed by atoms with E-state index in [1.807, 2.05) is 42.5 Å². The molecule has 3 atom stereocenters. The predicted molar refractivity (Wildman–Crippen MR) is 115 cm³/mol. The van der Waals surface area contributed by atoms with Crippen molar-refractivity contribution in [2.45, 2.75) is 26.6 Å². The second-order valence-corrected chi connectivity index (χ2v) is 9.10. The van der Waals surface area contributed by atoms with Gasteiger partial charge in [-0.3, -0.25) is 9.88 Å². The van der Waals surface area contributed by atoms with Crippen molar-refractivity contribution in [3.63, 3.8) is 0 Å². The Balaban J connectivity index is 1.33. The van der Waals surface area contributed by atoms with Crippen molar-refractivity contribution < 1.29 is 9.84 Å². The van der Waals surface area contributed by atoms with Gasteiger partial charge < -0.3 is 9.84 Å². The topological polar surface area (TPSA) is 45.6 Å². The Labute approximate surface area is 172 Å². The number of aliphatic hydroxyl groups excluding tert-OH is 1. The third-order valence-corrected chi connectivity index (χ3v) is 6.99. The number of β-amino-alcohol motifs (C(OH)–C–C–N with tert-alkyl or cyclic N) is 1. The van der Waals surface area contributed by atoms with Gasteiger partial charge in [0.15, 0.2) is 0 Å². The summed E-state index contributed by atoms with van der Waals surface area (Å²) in [6, 6.07) is 18.0. The Bertz CT molecular complexity index is 1000. The molecule has 1 aromatic heterocycles. The van der Waals surface area contributed by atoms with E-state index in [-0.39, 0.29) is 0 Å². The third-order valence-electron chi connectivity index (χ3n) is 6.99. The Morgan fingerprint density at radius 1 is 1.07 bits per heavy atom. The van der Waals surface area contributed by atoms with Crippen molar-refractivity contribution in [3.8, 4) is 5.75 Å². The molecule has 2 heterocycles. The van der Waals surface area contributed by atoms with Crippen LogP contribution in [0.25, 0.3) is 10.9 Å². The molecular formula is C25H28N2O2. The van der Waals surface area contributed by atoms with Gasteiger partial charge in [0.2, 0.25) is 0 Å². The zero-order chi connectivity index (χ0) is 20.0. The molecule has 0 amide bonds. The average molecular weight is 389 g/mol. The minimum absolute atomic E-state index is 0.496. The summed E-state index contributed by atoms with van der Waals surface area (Å²) < 4.78 is 6.06. The molecule has 4 nitrogen and oxygen atoms in total. The maximum atomic E-state index is 11.0. The number of likely N-dealkylation sites (tertiary alicyclic amines) is 1. The van der Waals surface area contributed by atoms with Crippen LogP contribution in [0.3, 0.4) is 0 Å². The van der Waals surface area contributed by atoms with Crippen LogP contribution in [-0.2, 0) is 6.61 Å². The van der Waals surface area contributed by atoms with Gasteiger partial charge in [-0.15, -0.1) is 0 Å². The predicted octanol–water partition coefficient (Wildman–Crippen LogP) is 4.44. The fourth-order valence-corrected chi connectivity index (χ4v) is 5.02. The number of pyridine rings is 1. The van der Waals surface area contributed by atoms with Crippen LogP contribution in [0.4, 0.5) is 0 Å². The zero-order valence-electron chi connectivity index (χ0n) is 17.1. The number of aromatic nitrogens is 1. The van der Waals surface area contributed by atoms with Crippen molar-refractivity contribution >= 4 is 10.9 Å². The molecular weight excluding hydrogens is 360 g/mol. The van der Waals surface area contributed by atoms with Crippen LogP contribution in [0.15, 0.2) is 60.8 Å². The number of fused-ring (bicyclic) bond motifs is 2. The van der Waals surface area contributed by atoms with Crippen LogP contribution in [0, 0.1) is 17.3 Å². The molecule has 29 heavy (non-hydrogen) atoms. The first kappa shape index (κ1) is 18.6. The second-order valence-electron chi connectivity index (χ2n) is 9.10. The summed E-state index contributed by atoms with van der Waals surface area (Å²) in [6.45, 7) is 8.11. The molecule has 0 bridgehead atoms. The van der Waals surface area contributed by atoms with Gasteiger partial charge in [0.25, 0.3) is 0 Å². The lowest BCUT2D eigenvalue weighted by Crippen LogP contribution is -2.30. The van der Waals surface area contributed by atoms with Crippen LogP contribution in [0.2, 0.25) is 0 Å². The maximum absolute atomic E-state index is 11.0. The first-order valence-electron chi connectivity index (χ1n) is 10.5. The Morgan fingerprint density at radius 3 is 2.59 bits per heavy atom. The fourth-order valence-electron chi connectivity index (χ4n) is 5.02.